The molecular weight excluding hydrogens is 316 g/mol. The molecule has 0 radical (unpaired) electrons. The number of carbonyl (C=O) groups excluding carboxylic acids is 3. The highest BCUT2D eigenvalue weighted by Gasteiger charge is 2.27. The molecule has 0 saturated carbocycles. The lowest BCUT2D eigenvalue weighted by molar-refractivity contribution is -0.137. The van der Waals surface area contributed by atoms with Crippen LogP contribution in [0.2, 0.25) is 0 Å². The van der Waals surface area contributed by atoms with Gasteiger partial charge >= 0.3 is 0 Å². The minimum atomic E-state index is -0.627. The lowest BCUT2D eigenvalue weighted by Gasteiger charge is -2.21. The van der Waals surface area contributed by atoms with E-state index in [1.807, 2.05) is 20.1 Å². The van der Waals surface area contributed by atoms with E-state index in [0.29, 0.717) is 12.8 Å². The van der Waals surface area contributed by atoms with Gasteiger partial charge in [0, 0.05) is 24.2 Å². The Balaban J connectivity index is 1.92. The van der Waals surface area contributed by atoms with Crippen LogP contribution in [0, 0.1) is 13.8 Å². The zero-order valence-electron chi connectivity index (χ0n) is 13.4. The van der Waals surface area contributed by atoms with Gasteiger partial charge in [0.15, 0.2) is 5.16 Å². The van der Waals surface area contributed by atoms with Crippen molar-refractivity contribution in [1.29, 1.82) is 0 Å². The van der Waals surface area contributed by atoms with Crippen LogP contribution in [0.15, 0.2) is 5.16 Å². The molecule has 1 aliphatic heterocycles. The van der Waals surface area contributed by atoms with E-state index in [0.717, 1.165) is 22.1 Å². The minimum Gasteiger partial charge on any atom is -0.344 e. The van der Waals surface area contributed by atoms with Crippen molar-refractivity contribution in [2.75, 3.05) is 6.26 Å². The highest BCUT2D eigenvalue weighted by atomic mass is 32.2. The molecule has 2 rings (SSSR count). The number of carbonyl (C=O) groups is 3. The van der Waals surface area contributed by atoms with Crippen molar-refractivity contribution in [3.05, 3.63) is 17.0 Å². The summed E-state index contributed by atoms with van der Waals surface area (Å²) >= 11 is 1.48. The summed E-state index contributed by atoms with van der Waals surface area (Å²) in [5.74, 6) is -0.945. The second-order valence-electron chi connectivity index (χ2n) is 5.43. The van der Waals surface area contributed by atoms with Crippen LogP contribution >= 0.6 is 11.8 Å². The lowest BCUT2D eigenvalue weighted by atomic mass is 10.0. The maximum Gasteiger partial charge on any atom is 0.249 e. The monoisotopic (exact) mass is 336 g/mol. The molecule has 0 spiro atoms. The van der Waals surface area contributed by atoms with E-state index in [9.17, 15) is 14.4 Å². The number of aromatic nitrogens is 2. The molecule has 1 aromatic heterocycles. The van der Waals surface area contributed by atoms with Gasteiger partial charge in [0.05, 0.1) is 0 Å². The molecule has 0 aliphatic carbocycles. The molecule has 1 aromatic rings. The molecule has 2 heterocycles. The first-order valence-electron chi connectivity index (χ1n) is 7.42. The highest BCUT2D eigenvalue weighted by Crippen LogP contribution is 2.17. The predicted octanol–water partition coefficient (Wildman–Crippen LogP) is 0.669. The van der Waals surface area contributed by atoms with E-state index < -0.39 is 11.9 Å². The summed E-state index contributed by atoms with van der Waals surface area (Å²) in [5.41, 5.74) is 2.70. The summed E-state index contributed by atoms with van der Waals surface area (Å²) in [4.78, 5) is 43.5. The van der Waals surface area contributed by atoms with Gasteiger partial charge in [0.25, 0.3) is 0 Å². The van der Waals surface area contributed by atoms with Gasteiger partial charge in [0.1, 0.15) is 6.04 Å². The van der Waals surface area contributed by atoms with Crippen LogP contribution in [0.4, 0.5) is 0 Å². The summed E-state index contributed by atoms with van der Waals surface area (Å²) < 4.78 is 0. The number of rotatable bonds is 5. The van der Waals surface area contributed by atoms with Crippen molar-refractivity contribution in [2.24, 2.45) is 0 Å². The molecule has 0 bridgehead atoms. The maximum atomic E-state index is 12.0. The van der Waals surface area contributed by atoms with Crippen molar-refractivity contribution < 1.29 is 14.4 Å². The van der Waals surface area contributed by atoms with Crippen molar-refractivity contribution >= 4 is 29.5 Å². The average Bonchev–Trinajstić information content (AvgIpc) is 2.49. The Morgan fingerprint density at radius 1 is 1.30 bits per heavy atom. The molecule has 7 nitrogen and oxygen atoms in total. The Morgan fingerprint density at radius 2 is 1.96 bits per heavy atom. The molecule has 1 saturated heterocycles. The molecule has 1 unspecified atom stereocenters. The van der Waals surface area contributed by atoms with E-state index >= 15 is 0 Å². The molecule has 2 N–H and O–H groups in total. The fraction of sp³-hybridized carbons (Fsp3) is 0.533. The second kappa shape index (κ2) is 7.54. The topological polar surface area (TPSA) is 101 Å². The molecule has 3 amide bonds. The lowest BCUT2D eigenvalue weighted by Crippen LogP contribution is -2.52. The number of hydrogen-bond acceptors (Lipinski definition) is 6. The summed E-state index contributed by atoms with van der Waals surface area (Å²) in [6.45, 7) is 3.81. The van der Waals surface area contributed by atoms with Gasteiger partial charge in [-0.2, -0.15) is 0 Å². The molecule has 8 heteroatoms. The Kier molecular flexibility index (Phi) is 5.70. The van der Waals surface area contributed by atoms with Gasteiger partial charge in [-0.15, -0.1) is 0 Å². The maximum absolute atomic E-state index is 12.0. The Bertz CT molecular complexity index is 625. The van der Waals surface area contributed by atoms with Gasteiger partial charge in [0.2, 0.25) is 17.7 Å². The molecule has 1 atom stereocenters. The van der Waals surface area contributed by atoms with Gasteiger partial charge in [-0.25, -0.2) is 9.97 Å². The molecule has 23 heavy (non-hydrogen) atoms. The predicted molar refractivity (Wildman–Crippen MR) is 85.9 cm³/mol. The number of nitrogens with zero attached hydrogens (tertiary/aromatic N) is 2. The smallest absolute Gasteiger partial charge is 0.249 e. The van der Waals surface area contributed by atoms with E-state index in [1.165, 1.54) is 11.8 Å². The molecular formula is C15H20N4O3S. The fourth-order valence-corrected chi connectivity index (χ4v) is 2.95. The summed E-state index contributed by atoms with van der Waals surface area (Å²) in [7, 11) is 0. The minimum absolute atomic E-state index is 0.216. The second-order valence-corrected chi connectivity index (χ2v) is 6.20. The summed E-state index contributed by atoms with van der Waals surface area (Å²) in [5, 5.41) is 5.62. The number of piperidine rings is 1. The van der Waals surface area contributed by atoms with E-state index in [1.54, 1.807) is 0 Å². The third-order valence-corrected chi connectivity index (χ3v) is 4.31. The number of amides is 3. The normalized spacial score (nSPS) is 17.8. The molecule has 1 fully saturated rings. The molecule has 124 valence electrons. The van der Waals surface area contributed by atoms with E-state index in [2.05, 4.69) is 20.6 Å². The van der Waals surface area contributed by atoms with Gasteiger partial charge in [-0.1, -0.05) is 11.8 Å². The SMILES string of the molecule is CSc1nc(C)c(CCC(=O)NC2CCC(=O)NC2=O)c(C)n1. The zero-order valence-corrected chi connectivity index (χ0v) is 14.2. The van der Waals surface area contributed by atoms with Crippen LogP contribution in [0.3, 0.4) is 0 Å². The van der Waals surface area contributed by atoms with Crippen LogP contribution in [0.5, 0.6) is 0 Å². The van der Waals surface area contributed by atoms with Crippen LogP contribution in [0.1, 0.15) is 36.2 Å². The quantitative estimate of drug-likeness (QED) is 0.466. The number of imide groups is 1. The van der Waals surface area contributed by atoms with E-state index in [4.69, 9.17) is 0 Å². The van der Waals surface area contributed by atoms with Crippen LogP contribution in [-0.2, 0) is 20.8 Å². The van der Waals surface area contributed by atoms with Crippen molar-refractivity contribution in [3.63, 3.8) is 0 Å². The van der Waals surface area contributed by atoms with Crippen LogP contribution < -0.4 is 10.6 Å². The van der Waals surface area contributed by atoms with Crippen molar-refractivity contribution in [1.82, 2.24) is 20.6 Å². The first-order valence-corrected chi connectivity index (χ1v) is 8.64. The molecule has 1 aliphatic rings. The largest absolute Gasteiger partial charge is 0.344 e. The molecule has 0 aromatic carbocycles. The highest BCUT2D eigenvalue weighted by molar-refractivity contribution is 7.98. The van der Waals surface area contributed by atoms with Crippen molar-refractivity contribution in [2.45, 2.75) is 50.7 Å². The van der Waals surface area contributed by atoms with Crippen molar-refractivity contribution in [3.8, 4) is 0 Å². The van der Waals surface area contributed by atoms with Gasteiger partial charge in [-0.3, -0.25) is 19.7 Å². The number of nitrogens with one attached hydrogen (secondary N) is 2. The first kappa shape index (κ1) is 17.4. The Morgan fingerprint density at radius 3 is 2.52 bits per heavy atom. The summed E-state index contributed by atoms with van der Waals surface area (Å²) in [6, 6.07) is -0.627. The first-order chi connectivity index (χ1) is 10.9. The van der Waals surface area contributed by atoms with Gasteiger partial charge in [-0.05, 0) is 38.5 Å². The van der Waals surface area contributed by atoms with Crippen LogP contribution in [-0.4, -0.2) is 40.0 Å². The third kappa shape index (κ3) is 4.51. The average molecular weight is 336 g/mol. The Hall–Kier alpha value is -1.96. The number of thioether (sulfide) groups is 1. The summed E-state index contributed by atoms with van der Waals surface area (Å²) in [6.07, 6.45) is 3.28. The van der Waals surface area contributed by atoms with Gasteiger partial charge < -0.3 is 5.32 Å². The fourth-order valence-electron chi connectivity index (χ4n) is 2.50. The third-order valence-electron chi connectivity index (χ3n) is 3.76. The zero-order chi connectivity index (χ0) is 17.0. The van der Waals surface area contributed by atoms with E-state index in [-0.39, 0.29) is 24.7 Å². The van der Waals surface area contributed by atoms with Crippen LogP contribution in [0.25, 0.3) is 0 Å². The Labute approximate surface area is 139 Å². The standard InChI is InChI=1S/C15H20N4O3S/c1-8-10(9(2)17-15(16-8)23-3)4-6-12(20)18-11-5-7-13(21)19-14(11)22/h11H,4-7H2,1-3H3,(H,18,20)(H,19,21,22). The number of aryl methyl sites for hydroxylation is 2. The number of hydrogen-bond donors (Lipinski definition) is 2.